The van der Waals surface area contributed by atoms with E-state index in [1.54, 1.807) is 32.2 Å². The van der Waals surface area contributed by atoms with Gasteiger partial charge in [-0.3, -0.25) is 9.59 Å². The number of carbonyl (C=O) groups is 2. The van der Waals surface area contributed by atoms with E-state index in [0.29, 0.717) is 17.8 Å². The van der Waals surface area contributed by atoms with Crippen LogP contribution in [-0.4, -0.2) is 38.1 Å². The zero-order valence-corrected chi connectivity index (χ0v) is 11.3. The number of amides is 1. The Labute approximate surface area is 115 Å². The first-order valence-electron chi connectivity index (χ1n) is 6.22. The van der Waals surface area contributed by atoms with Crippen LogP contribution in [0.15, 0.2) is 24.5 Å². The molecule has 0 spiro atoms. The third kappa shape index (κ3) is 2.76. The highest BCUT2D eigenvalue weighted by atomic mass is 16.4. The van der Waals surface area contributed by atoms with Crippen molar-refractivity contribution >= 4 is 17.5 Å². The largest absolute Gasteiger partial charge is 0.481 e. The average Bonchev–Trinajstić information content (AvgIpc) is 2.82. The molecule has 0 fully saturated rings. The lowest BCUT2D eigenvalue weighted by atomic mass is 9.90. The van der Waals surface area contributed by atoms with E-state index in [4.69, 9.17) is 5.11 Å². The van der Waals surface area contributed by atoms with Crippen molar-refractivity contribution < 1.29 is 14.7 Å². The molecule has 0 aliphatic heterocycles. The van der Waals surface area contributed by atoms with Gasteiger partial charge < -0.3 is 10.4 Å². The predicted octanol–water partition coefficient (Wildman–Crippen LogP) is 0.960. The summed E-state index contributed by atoms with van der Waals surface area (Å²) in [7, 11) is 0. The van der Waals surface area contributed by atoms with Crippen LogP contribution in [0.2, 0.25) is 0 Å². The van der Waals surface area contributed by atoms with Crippen LogP contribution in [0.25, 0.3) is 5.65 Å². The summed E-state index contributed by atoms with van der Waals surface area (Å²) in [4.78, 5) is 27.0. The minimum Gasteiger partial charge on any atom is -0.481 e. The molecule has 106 valence electrons. The van der Waals surface area contributed by atoms with E-state index in [-0.39, 0.29) is 12.5 Å². The molecule has 7 heteroatoms. The van der Waals surface area contributed by atoms with Crippen molar-refractivity contribution in [2.75, 3.05) is 6.54 Å². The predicted molar refractivity (Wildman–Crippen MR) is 71.4 cm³/mol. The average molecular weight is 276 g/mol. The Morgan fingerprint density at radius 3 is 2.90 bits per heavy atom. The molecule has 1 amide bonds. The van der Waals surface area contributed by atoms with Gasteiger partial charge >= 0.3 is 5.97 Å². The second kappa shape index (κ2) is 5.28. The second-order valence-electron chi connectivity index (χ2n) is 5.13. The molecule has 2 rings (SSSR count). The molecule has 0 aliphatic carbocycles. The van der Waals surface area contributed by atoms with Crippen LogP contribution in [-0.2, 0) is 4.79 Å². The SMILES string of the molecule is CC(C)(CCNC(=O)c1cnc2cccnn12)C(=O)O. The van der Waals surface area contributed by atoms with Gasteiger partial charge in [0, 0.05) is 12.7 Å². The maximum absolute atomic E-state index is 12.0. The number of rotatable bonds is 5. The minimum atomic E-state index is -0.886. The maximum atomic E-state index is 12.0. The number of nitrogens with zero attached hydrogens (tertiary/aromatic N) is 3. The summed E-state index contributed by atoms with van der Waals surface area (Å²) >= 11 is 0. The number of aromatic nitrogens is 3. The molecule has 0 atom stereocenters. The van der Waals surface area contributed by atoms with Gasteiger partial charge in [0.2, 0.25) is 0 Å². The van der Waals surface area contributed by atoms with Gasteiger partial charge in [-0.15, -0.1) is 0 Å². The smallest absolute Gasteiger partial charge is 0.309 e. The van der Waals surface area contributed by atoms with Crippen molar-refractivity contribution in [1.29, 1.82) is 0 Å². The molecule has 2 aromatic rings. The number of imidazole rings is 1. The Morgan fingerprint density at radius 2 is 2.20 bits per heavy atom. The first-order chi connectivity index (χ1) is 9.42. The van der Waals surface area contributed by atoms with Crippen LogP contribution in [0.4, 0.5) is 0 Å². The van der Waals surface area contributed by atoms with Gasteiger partial charge in [0.25, 0.3) is 5.91 Å². The van der Waals surface area contributed by atoms with E-state index in [1.165, 1.54) is 10.7 Å². The quantitative estimate of drug-likeness (QED) is 0.847. The number of carboxylic acids is 1. The zero-order chi connectivity index (χ0) is 14.8. The van der Waals surface area contributed by atoms with Gasteiger partial charge in [-0.1, -0.05) is 0 Å². The number of carbonyl (C=O) groups excluding carboxylic acids is 1. The van der Waals surface area contributed by atoms with E-state index in [1.807, 2.05) is 0 Å². The Balaban J connectivity index is 2.01. The highest BCUT2D eigenvalue weighted by Gasteiger charge is 2.26. The first-order valence-corrected chi connectivity index (χ1v) is 6.22. The molecule has 20 heavy (non-hydrogen) atoms. The van der Waals surface area contributed by atoms with Crippen molar-refractivity contribution in [2.45, 2.75) is 20.3 Å². The van der Waals surface area contributed by atoms with Crippen LogP contribution in [0.1, 0.15) is 30.8 Å². The molecule has 2 aromatic heterocycles. The van der Waals surface area contributed by atoms with Crippen molar-refractivity contribution in [3.8, 4) is 0 Å². The van der Waals surface area contributed by atoms with Crippen LogP contribution in [0, 0.1) is 5.41 Å². The topological polar surface area (TPSA) is 96.6 Å². The third-order valence-corrected chi connectivity index (χ3v) is 3.12. The van der Waals surface area contributed by atoms with E-state index < -0.39 is 11.4 Å². The number of aliphatic carboxylic acids is 1. The molecule has 7 nitrogen and oxygen atoms in total. The molecule has 0 radical (unpaired) electrons. The first kappa shape index (κ1) is 14.0. The monoisotopic (exact) mass is 276 g/mol. The fourth-order valence-electron chi connectivity index (χ4n) is 1.67. The lowest BCUT2D eigenvalue weighted by molar-refractivity contribution is -0.147. The molecule has 0 saturated heterocycles. The van der Waals surface area contributed by atoms with Crippen molar-refractivity contribution in [1.82, 2.24) is 19.9 Å². The number of fused-ring (bicyclic) bond motifs is 1. The van der Waals surface area contributed by atoms with Gasteiger partial charge in [0.05, 0.1) is 11.6 Å². The Kier molecular flexibility index (Phi) is 3.69. The summed E-state index contributed by atoms with van der Waals surface area (Å²) in [6.45, 7) is 3.52. The van der Waals surface area contributed by atoms with Gasteiger partial charge in [0.15, 0.2) is 5.65 Å². The fraction of sp³-hybridized carbons (Fsp3) is 0.385. The summed E-state index contributed by atoms with van der Waals surface area (Å²) < 4.78 is 1.44. The molecular formula is C13H16N4O3. The van der Waals surface area contributed by atoms with Crippen LogP contribution < -0.4 is 5.32 Å². The van der Waals surface area contributed by atoms with E-state index in [2.05, 4.69) is 15.4 Å². The van der Waals surface area contributed by atoms with Gasteiger partial charge in [-0.05, 0) is 32.4 Å². The van der Waals surface area contributed by atoms with Crippen molar-refractivity contribution in [2.24, 2.45) is 5.41 Å². The van der Waals surface area contributed by atoms with Crippen LogP contribution in [0.3, 0.4) is 0 Å². The molecule has 2 heterocycles. The molecule has 0 saturated carbocycles. The summed E-state index contributed by atoms with van der Waals surface area (Å²) in [6, 6.07) is 3.48. The van der Waals surface area contributed by atoms with Gasteiger partial charge in [0.1, 0.15) is 5.69 Å². The Hall–Kier alpha value is -2.44. The second-order valence-corrected chi connectivity index (χ2v) is 5.13. The zero-order valence-electron chi connectivity index (χ0n) is 11.3. The summed E-state index contributed by atoms with van der Waals surface area (Å²) in [6.07, 6.45) is 3.36. The number of hydrogen-bond donors (Lipinski definition) is 2. The summed E-state index contributed by atoms with van der Waals surface area (Å²) in [5, 5.41) is 15.7. The van der Waals surface area contributed by atoms with Gasteiger partial charge in [-0.2, -0.15) is 5.10 Å². The Morgan fingerprint density at radius 1 is 1.45 bits per heavy atom. The highest BCUT2D eigenvalue weighted by molar-refractivity contribution is 5.93. The van der Waals surface area contributed by atoms with E-state index >= 15 is 0 Å². The molecule has 2 N–H and O–H groups in total. The van der Waals surface area contributed by atoms with Crippen molar-refractivity contribution in [3.05, 3.63) is 30.2 Å². The third-order valence-electron chi connectivity index (χ3n) is 3.12. The summed E-state index contributed by atoms with van der Waals surface area (Å²) in [5.41, 5.74) is 0.0441. The molecule has 0 unspecified atom stereocenters. The highest BCUT2D eigenvalue weighted by Crippen LogP contribution is 2.19. The van der Waals surface area contributed by atoms with E-state index in [0.717, 1.165) is 0 Å². The number of nitrogens with one attached hydrogen (secondary N) is 1. The lowest BCUT2D eigenvalue weighted by Crippen LogP contribution is -2.32. The molecule has 0 aliphatic rings. The maximum Gasteiger partial charge on any atom is 0.309 e. The Bertz CT molecular complexity index is 648. The number of hydrogen-bond acceptors (Lipinski definition) is 4. The lowest BCUT2D eigenvalue weighted by Gasteiger charge is -2.18. The van der Waals surface area contributed by atoms with Gasteiger partial charge in [-0.25, -0.2) is 9.50 Å². The van der Waals surface area contributed by atoms with Crippen molar-refractivity contribution in [3.63, 3.8) is 0 Å². The minimum absolute atomic E-state index is 0.276. The summed E-state index contributed by atoms with van der Waals surface area (Å²) in [5.74, 6) is -1.21. The fourth-order valence-corrected chi connectivity index (χ4v) is 1.67. The van der Waals surface area contributed by atoms with E-state index in [9.17, 15) is 9.59 Å². The molecular weight excluding hydrogens is 260 g/mol. The number of carboxylic acid groups (broad SMARTS) is 1. The normalized spacial score (nSPS) is 11.5. The molecule has 0 aromatic carbocycles. The van der Waals surface area contributed by atoms with Crippen LogP contribution in [0.5, 0.6) is 0 Å². The van der Waals surface area contributed by atoms with Crippen LogP contribution >= 0.6 is 0 Å². The molecule has 0 bridgehead atoms. The standard InChI is InChI=1S/C13H16N4O3/c1-13(2,12(19)20)5-7-14-11(18)9-8-15-10-4-3-6-16-17(9)10/h3-4,6,8H,5,7H2,1-2H3,(H,14,18)(H,19,20).